The van der Waals surface area contributed by atoms with Gasteiger partial charge in [0.25, 0.3) is 0 Å². The van der Waals surface area contributed by atoms with Crippen molar-refractivity contribution in [3.63, 3.8) is 0 Å². The maximum absolute atomic E-state index is 11.8. The van der Waals surface area contributed by atoms with E-state index in [4.69, 9.17) is 11.6 Å². The van der Waals surface area contributed by atoms with Crippen molar-refractivity contribution >= 4 is 27.3 Å². The van der Waals surface area contributed by atoms with E-state index in [1.165, 1.54) is 6.20 Å². The molecule has 2 aromatic heterocycles. The molecule has 0 aliphatic carbocycles. The number of nitrogens with zero attached hydrogens (tertiary/aromatic N) is 4. The molecule has 0 atom stereocenters. The Bertz CT molecular complexity index is 1140. The first-order valence-corrected chi connectivity index (χ1v) is 10.6. The molecule has 0 saturated heterocycles. The number of hydrogen-bond acceptors (Lipinski definition) is 5. The minimum absolute atomic E-state index is 0.00251. The molecule has 1 aliphatic heterocycles. The monoisotopic (exact) mass is 403 g/mol. The zero-order valence-electron chi connectivity index (χ0n) is 14.9. The number of aromatic nitrogens is 4. The topological polar surface area (TPSA) is 89.8 Å². The summed E-state index contributed by atoms with van der Waals surface area (Å²) in [5.74, 6) is 1.72. The van der Waals surface area contributed by atoms with Crippen LogP contribution in [-0.2, 0) is 22.9 Å². The Morgan fingerprint density at radius 1 is 1.15 bits per heavy atom. The standard InChI is InChI=1S/C18H18ClN5O2S/c1-3-27(25,26)23-15-7-14(9-20-10-15)13-6-12-4-5-17-22-21-11(2)24(17)18(12)16(19)8-13/h6-10,23H,3-5H2,1-2H3. The van der Waals surface area contributed by atoms with Gasteiger partial charge >= 0.3 is 0 Å². The van der Waals surface area contributed by atoms with E-state index in [2.05, 4.69) is 26.0 Å². The van der Waals surface area contributed by atoms with Crippen molar-refractivity contribution in [2.24, 2.45) is 0 Å². The van der Waals surface area contributed by atoms with Crippen LogP contribution in [0.5, 0.6) is 0 Å². The van der Waals surface area contributed by atoms with Crippen LogP contribution in [0, 0.1) is 6.92 Å². The van der Waals surface area contributed by atoms with Crippen LogP contribution in [-0.4, -0.2) is 33.9 Å². The van der Waals surface area contributed by atoms with E-state index >= 15 is 0 Å². The van der Waals surface area contributed by atoms with Gasteiger partial charge in [-0.2, -0.15) is 0 Å². The summed E-state index contributed by atoms with van der Waals surface area (Å²) in [6.45, 7) is 3.49. The van der Waals surface area contributed by atoms with Gasteiger partial charge in [0.05, 0.1) is 28.3 Å². The Kier molecular flexibility index (Phi) is 4.39. The van der Waals surface area contributed by atoms with Gasteiger partial charge in [-0.05, 0) is 49.6 Å². The molecule has 1 aliphatic rings. The third-order valence-electron chi connectivity index (χ3n) is 4.60. The number of pyridine rings is 1. The summed E-state index contributed by atoms with van der Waals surface area (Å²) < 4.78 is 28.1. The number of rotatable bonds is 4. The lowest BCUT2D eigenvalue weighted by Gasteiger charge is -2.21. The molecule has 0 spiro atoms. The van der Waals surface area contributed by atoms with Crippen LogP contribution in [0.4, 0.5) is 5.69 Å². The number of aryl methyl sites for hydroxylation is 3. The maximum atomic E-state index is 11.8. The van der Waals surface area contributed by atoms with Crippen LogP contribution in [0.25, 0.3) is 16.8 Å². The summed E-state index contributed by atoms with van der Waals surface area (Å²) in [6, 6.07) is 5.69. The van der Waals surface area contributed by atoms with Gasteiger partial charge in [0.1, 0.15) is 11.6 Å². The zero-order chi connectivity index (χ0) is 19.2. The maximum Gasteiger partial charge on any atom is 0.232 e. The molecule has 1 aromatic carbocycles. The Hall–Kier alpha value is -2.45. The largest absolute Gasteiger partial charge is 0.282 e. The second-order valence-electron chi connectivity index (χ2n) is 6.43. The Morgan fingerprint density at radius 2 is 1.96 bits per heavy atom. The average Bonchev–Trinajstić information content (AvgIpc) is 3.02. The van der Waals surface area contributed by atoms with Gasteiger partial charge in [-0.25, -0.2) is 8.42 Å². The molecule has 0 radical (unpaired) electrons. The third-order valence-corrected chi connectivity index (χ3v) is 6.20. The number of nitrogens with one attached hydrogen (secondary N) is 1. The van der Waals surface area contributed by atoms with Gasteiger partial charge in [-0.3, -0.25) is 14.3 Å². The minimum atomic E-state index is -3.36. The number of anilines is 1. The van der Waals surface area contributed by atoms with Crippen molar-refractivity contribution < 1.29 is 8.42 Å². The molecular formula is C18H18ClN5O2S. The van der Waals surface area contributed by atoms with E-state index < -0.39 is 10.0 Å². The molecule has 0 bridgehead atoms. The number of fused-ring (bicyclic) bond motifs is 3. The molecule has 0 saturated carbocycles. The van der Waals surface area contributed by atoms with Crippen LogP contribution < -0.4 is 4.72 Å². The zero-order valence-corrected chi connectivity index (χ0v) is 16.5. The number of hydrogen-bond donors (Lipinski definition) is 1. The highest BCUT2D eigenvalue weighted by Crippen LogP contribution is 2.36. The highest BCUT2D eigenvalue weighted by Gasteiger charge is 2.23. The number of halogens is 1. The van der Waals surface area contributed by atoms with Crippen molar-refractivity contribution in [1.82, 2.24) is 19.7 Å². The summed E-state index contributed by atoms with van der Waals surface area (Å²) in [5.41, 5.74) is 4.13. The van der Waals surface area contributed by atoms with Crippen molar-refractivity contribution in [3.05, 3.63) is 52.8 Å². The van der Waals surface area contributed by atoms with E-state index in [0.29, 0.717) is 10.7 Å². The molecule has 140 valence electrons. The molecule has 0 unspecified atom stereocenters. The average molecular weight is 404 g/mol. The van der Waals surface area contributed by atoms with Crippen LogP contribution in [0.3, 0.4) is 0 Å². The fourth-order valence-electron chi connectivity index (χ4n) is 3.27. The first-order valence-electron chi connectivity index (χ1n) is 8.57. The van der Waals surface area contributed by atoms with E-state index in [0.717, 1.165) is 46.9 Å². The lowest BCUT2D eigenvalue weighted by molar-refractivity contribution is 0.602. The van der Waals surface area contributed by atoms with Gasteiger partial charge in [-0.1, -0.05) is 11.6 Å². The predicted octanol–water partition coefficient (Wildman–Crippen LogP) is 3.15. The van der Waals surface area contributed by atoms with Crippen LogP contribution in [0.1, 0.15) is 24.1 Å². The fraction of sp³-hybridized carbons (Fsp3) is 0.278. The van der Waals surface area contributed by atoms with Gasteiger partial charge in [0.2, 0.25) is 10.0 Å². The van der Waals surface area contributed by atoms with Crippen LogP contribution >= 0.6 is 11.6 Å². The van der Waals surface area contributed by atoms with E-state index in [1.807, 2.05) is 17.6 Å². The SMILES string of the molecule is CCS(=O)(=O)Nc1cncc(-c2cc(Cl)c3c(c2)CCc2nnc(C)n2-3)c1. The normalized spacial score (nSPS) is 13.1. The van der Waals surface area contributed by atoms with Gasteiger partial charge in [-0.15, -0.1) is 10.2 Å². The lowest BCUT2D eigenvalue weighted by atomic mass is 9.97. The smallest absolute Gasteiger partial charge is 0.232 e. The highest BCUT2D eigenvalue weighted by molar-refractivity contribution is 7.92. The van der Waals surface area contributed by atoms with Crippen molar-refractivity contribution in [1.29, 1.82) is 0 Å². The van der Waals surface area contributed by atoms with Gasteiger partial charge in [0, 0.05) is 18.2 Å². The molecule has 4 rings (SSSR count). The molecular weight excluding hydrogens is 386 g/mol. The second-order valence-corrected chi connectivity index (χ2v) is 8.85. The van der Waals surface area contributed by atoms with Crippen molar-refractivity contribution in [3.8, 4) is 16.8 Å². The van der Waals surface area contributed by atoms with Gasteiger partial charge in [0.15, 0.2) is 0 Å². The minimum Gasteiger partial charge on any atom is -0.282 e. The quantitative estimate of drug-likeness (QED) is 0.722. The summed E-state index contributed by atoms with van der Waals surface area (Å²) >= 11 is 6.61. The molecule has 7 nitrogen and oxygen atoms in total. The fourth-order valence-corrected chi connectivity index (χ4v) is 4.21. The number of sulfonamides is 1. The molecule has 0 fully saturated rings. The Balaban J connectivity index is 1.77. The van der Waals surface area contributed by atoms with Crippen LogP contribution in [0.15, 0.2) is 30.6 Å². The first kappa shape index (κ1) is 17.9. The van der Waals surface area contributed by atoms with Crippen molar-refractivity contribution in [2.75, 3.05) is 10.5 Å². The molecule has 1 N–H and O–H groups in total. The molecule has 3 heterocycles. The lowest BCUT2D eigenvalue weighted by Crippen LogP contribution is -2.15. The summed E-state index contributed by atoms with van der Waals surface area (Å²) in [4.78, 5) is 4.17. The van der Waals surface area contributed by atoms with Gasteiger partial charge < -0.3 is 0 Å². The molecule has 0 amide bonds. The summed E-state index contributed by atoms with van der Waals surface area (Å²) in [7, 11) is -3.36. The second kappa shape index (κ2) is 6.61. The van der Waals surface area contributed by atoms with E-state index in [-0.39, 0.29) is 5.75 Å². The van der Waals surface area contributed by atoms with Crippen LogP contribution in [0.2, 0.25) is 5.02 Å². The molecule has 3 aromatic rings. The van der Waals surface area contributed by atoms with E-state index in [9.17, 15) is 8.42 Å². The first-order chi connectivity index (χ1) is 12.9. The summed E-state index contributed by atoms with van der Waals surface area (Å²) in [5, 5.41) is 8.96. The van der Waals surface area contributed by atoms with Crippen molar-refractivity contribution in [2.45, 2.75) is 26.7 Å². The summed E-state index contributed by atoms with van der Waals surface area (Å²) in [6.07, 6.45) is 4.79. The Labute approximate surface area is 162 Å². The van der Waals surface area contributed by atoms with E-state index in [1.54, 1.807) is 19.2 Å². The molecule has 9 heteroatoms. The molecule has 27 heavy (non-hydrogen) atoms. The number of benzene rings is 1. The predicted molar refractivity (Wildman–Crippen MR) is 105 cm³/mol. The Morgan fingerprint density at radius 3 is 2.74 bits per heavy atom. The highest BCUT2D eigenvalue weighted by atomic mass is 35.5. The third kappa shape index (κ3) is 3.30.